The highest BCUT2D eigenvalue weighted by Gasteiger charge is 2.18. The Morgan fingerprint density at radius 1 is 1.38 bits per heavy atom. The van der Waals surface area contributed by atoms with E-state index in [0.717, 1.165) is 35.6 Å². The summed E-state index contributed by atoms with van der Waals surface area (Å²) < 4.78 is 1.74. The Hall–Kier alpha value is -1.30. The number of carboxylic acid groups (broad SMARTS) is 1. The van der Waals surface area contributed by atoms with E-state index in [9.17, 15) is 9.59 Å². The molecule has 0 radical (unpaired) electrons. The van der Waals surface area contributed by atoms with Crippen molar-refractivity contribution in [3.63, 3.8) is 0 Å². The molecule has 1 aromatic rings. The van der Waals surface area contributed by atoms with Crippen molar-refractivity contribution in [2.45, 2.75) is 46.1 Å². The lowest BCUT2D eigenvalue weighted by molar-refractivity contribution is -0.136. The molecule has 1 aliphatic heterocycles. The van der Waals surface area contributed by atoms with E-state index in [1.165, 1.54) is 0 Å². The normalized spacial score (nSPS) is 16.1. The number of thioether (sulfide) groups is 1. The first-order valence-electron chi connectivity index (χ1n) is 7.35. The number of aryl methyl sites for hydroxylation is 1. The zero-order chi connectivity index (χ0) is 15.4. The van der Waals surface area contributed by atoms with Crippen molar-refractivity contribution in [2.24, 2.45) is 5.92 Å². The Morgan fingerprint density at radius 2 is 2.05 bits per heavy atom. The quantitative estimate of drug-likeness (QED) is 0.901. The number of hydrogen-bond acceptors (Lipinski definition) is 4. The van der Waals surface area contributed by atoms with Crippen LogP contribution in [-0.4, -0.2) is 32.1 Å². The van der Waals surface area contributed by atoms with Crippen LogP contribution in [0.3, 0.4) is 0 Å². The van der Waals surface area contributed by atoms with Gasteiger partial charge in [0.1, 0.15) is 0 Å². The summed E-state index contributed by atoms with van der Waals surface area (Å²) >= 11 is 1.97. The van der Waals surface area contributed by atoms with Crippen molar-refractivity contribution in [1.29, 1.82) is 0 Å². The SMILES string of the molecule is Cc1nc(=O)n(CC2CCSCC2)c(C)c1CCC(=O)O. The molecule has 0 aliphatic carbocycles. The van der Waals surface area contributed by atoms with Gasteiger partial charge in [0.25, 0.3) is 0 Å². The van der Waals surface area contributed by atoms with Gasteiger partial charge in [-0.2, -0.15) is 16.7 Å². The fourth-order valence-electron chi connectivity index (χ4n) is 2.84. The third-order valence-corrected chi connectivity index (χ3v) is 5.19. The van der Waals surface area contributed by atoms with Gasteiger partial charge in [0.15, 0.2) is 0 Å². The average Bonchev–Trinajstić information content (AvgIpc) is 2.44. The van der Waals surface area contributed by atoms with Crippen LogP contribution in [0.4, 0.5) is 0 Å². The van der Waals surface area contributed by atoms with Gasteiger partial charge in [-0.05, 0) is 56.1 Å². The second-order valence-corrected chi connectivity index (χ2v) is 6.83. The van der Waals surface area contributed by atoms with Crippen LogP contribution in [0.25, 0.3) is 0 Å². The van der Waals surface area contributed by atoms with Crippen molar-refractivity contribution in [2.75, 3.05) is 11.5 Å². The van der Waals surface area contributed by atoms with Crippen molar-refractivity contribution in [1.82, 2.24) is 9.55 Å². The van der Waals surface area contributed by atoms with Gasteiger partial charge in [0.05, 0.1) is 0 Å². The van der Waals surface area contributed by atoms with Gasteiger partial charge < -0.3 is 5.11 Å². The average molecular weight is 310 g/mol. The molecule has 1 N–H and O–H groups in total. The first kappa shape index (κ1) is 16.1. The number of carbonyl (C=O) groups is 1. The van der Waals surface area contributed by atoms with Crippen molar-refractivity contribution in [3.8, 4) is 0 Å². The molecule has 0 unspecified atom stereocenters. The molecule has 6 heteroatoms. The summed E-state index contributed by atoms with van der Waals surface area (Å²) in [6, 6.07) is 0. The van der Waals surface area contributed by atoms with Crippen LogP contribution < -0.4 is 5.69 Å². The molecule has 21 heavy (non-hydrogen) atoms. The van der Waals surface area contributed by atoms with E-state index in [4.69, 9.17) is 5.11 Å². The fourth-order valence-corrected chi connectivity index (χ4v) is 4.04. The zero-order valence-corrected chi connectivity index (χ0v) is 13.4. The van der Waals surface area contributed by atoms with E-state index < -0.39 is 5.97 Å². The Balaban J connectivity index is 2.25. The predicted octanol–water partition coefficient (Wildman–Crippen LogP) is 2.02. The van der Waals surface area contributed by atoms with Crippen LogP contribution in [-0.2, 0) is 17.8 Å². The molecular weight excluding hydrogens is 288 g/mol. The molecule has 1 aliphatic rings. The lowest BCUT2D eigenvalue weighted by atomic mass is 10.0. The van der Waals surface area contributed by atoms with Gasteiger partial charge >= 0.3 is 11.7 Å². The van der Waals surface area contributed by atoms with Crippen molar-refractivity contribution >= 4 is 17.7 Å². The highest BCUT2D eigenvalue weighted by molar-refractivity contribution is 7.99. The molecule has 0 bridgehead atoms. The maximum absolute atomic E-state index is 12.2. The molecule has 0 saturated carbocycles. The van der Waals surface area contributed by atoms with Gasteiger partial charge in [-0.1, -0.05) is 0 Å². The Labute approximate surface area is 128 Å². The van der Waals surface area contributed by atoms with Crippen molar-refractivity contribution in [3.05, 3.63) is 27.4 Å². The van der Waals surface area contributed by atoms with Crippen molar-refractivity contribution < 1.29 is 9.90 Å². The second kappa shape index (κ2) is 7.11. The third kappa shape index (κ3) is 4.09. The van der Waals surface area contributed by atoms with E-state index in [1.807, 2.05) is 18.7 Å². The Kier molecular flexibility index (Phi) is 5.45. The Bertz CT molecular complexity index is 577. The van der Waals surface area contributed by atoms with E-state index in [0.29, 0.717) is 24.6 Å². The molecule has 0 aromatic carbocycles. The molecular formula is C15H22N2O3S. The maximum atomic E-state index is 12.2. The van der Waals surface area contributed by atoms with Crippen LogP contribution in [0.2, 0.25) is 0 Å². The summed E-state index contributed by atoms with van der Waals surface area (Å²) in [5.41, 5.74) is 2.24. The molecule has 1 saturated heterocycles. The number of nitrogens with zero attached hydrogens (tertiary/aromatic N) is 2. The summed E-state index contributed by atoms with van der Waals surface area (Å²) in [6.45, 7) is 4.40. The standard InChI is InChI=1S/C15H22N2O3S/c1-10-13(3-4-14(18)19)11(2)17(15(20)16-10)9-12-5-7-21-8-6-12/h12H,3-9H2,1-2H3,(H,18,19). The summed E-state index contributed by atoms with van der Waals surface area (Å²) in [4.78, 5) is 27.0. The van der Waals surface area contributed by atoms with Crippen LogP contribution in [0, 0.1) is 19.8 Å². The van der Waals surface area contributed by atoms with E-state index in [1.54, 1.807) is 11.5 Å². The lowest BCUT2D eigenvalue weighted by Gasteiger charge is -2.24. The third-order valence-electron chi connectivity index (χ3n) is 4.14. The van der Waals surface area contributed by atoms with Gasteiger partial charge in [0.2, 0.25) is 0 Å². The van der Waals surface area contributed by atoms with Gasteiger partial charge in [-0.15, -0.1) is 0 Å². The van der Waals surface area contributed by atoms with Crippen LogP contribution in [0.1, 0.15) is 36.2 Å². The number of aliphatic carboxylic acids is 1. The van der Waals surface area contributed by atoms with E-state index in [-0.39, 0.29) is 12.1 Å². The summed E-state index contributed by atoms with van der Waals surface area (Å²) in [6.07, 6.45) is 2.77. The number of rotatable bonds is 5. The predicted molar refractivity (Wildman–Crippen MR) is 84.0 cm³/mol. The minimum atomic E-state index is -0.823. The summed E-state index contributed by atoms with van der Waals surface area (Å²) in [5, 5.41) is 8.85. The minimum Gasteiger partial charge on any atom is -0.481 e. The monoisotopic (exact) mass is 310 g/mol. The molecule has 0 atom stereocenters. The lowest BCUT2D eigenvalue weighted by Crippen LogP contribution is -2.31. The molecule has 2 heterocycles. The highest BCUT2D eigenvalue weighted by Crippen LogP contribution is 2.24. The topological polar surface area (TPSA) is 72.2 Å². The molecule has 116 valence electrons. The second-order valence-electron chi connectivity index (χ2n) is 5.60. The van der Waals surface area contributed by atoms with Gasteiger partial charge in [-0.3, -0.25) is 9.36 Å². The van der Waals surface area contributed by atoms with Crippen LogP contribution in [0.15, 0.2) is 4.79 Å². The number of carboxylic acids is 1. The smallest absolute Gasteiger partial charge is 0.347 e. The highest BCUT2D eigenvalue weighted by atomic mass is 32.2. The molecule has 0 amide bonds. The van der Waals surface area contributed by atoms with Crippen LogP contribution in [0.5, 0.6) is 0 Å². The van der Waals surface area contributed by atoms with E-state index in [2.05, 4.69) is 4.98 Å². The molecule has 1 fully saturated rings. The van der Waals surface area contributed by atoms with Gasteiger partial charge in [0, 0.05) is 24.4 Å². The zero-order valence-electron chi connectivity index (χ0n) is 12.6. The Morgan fingerprint density at radius 3 is 2.67 bits per heavy atom. The number of hydrogen-bond donors (Lipinski definition) is 1. The molecule has 1 aromatic heterocycles. The van der Waals surface area contributed by atoms with Crippen LogP contribution >= 0.6 is 11.8 Å². The summed E-state index contributed by atoms with van der Waals surface area (Å²) in [7, 11) is 0. The van der Waals surface area contributed by atoms with Gasteiger partial charge in [-0.25, -0.2) is 4.79 Å². The molecule has 2 rings (SSSR count). The number of aromatic nitrogens is 2. The summed E-state index contributed by atoms with van der Waals surface area (Å²) in [5.74, 6) is 2.02. The largest absolute Gasteiger partial charge is 0.481 e. The maximum Gasteiger partial charge on any atom is 0.347 e. The molecule has 0 spiro atoms. The first-order valence-corrected chi connectivity index (χ1v) is 8.51. The first-order chi connectivity index (χ1) is 9.99. The fraction of sp³-hybridized carbons (Fsp3) is 0.667. The van der Waals surface area contributed by atoms with E-state index >= 15 is 0 Å². The molecule has 5 nitrogen and oxygen atoms in total. The minimum absolute atomic E-state index is 0.0711.